The number of nitrogens with two attached hydrogens (primary N) is 1. The van der Waals surface area contributed by atoms with Crippen LogP contribution in [-0.4, -0.2) is 24.0 Å². The van der Waals surface area contributed by atoms with Crippen LogP contribution in [0.4, 0.5) is 0 Å². The van der Waals surface area contributed by atoms with Gasteiger partial charge in [-0.15, -0.1) is 0 Å². The van der Waals surface area contributed by atoms with Gasteiger partial charge in [0.25, 0.3) is 5.91 Å². The number of pyridine rings is 1. The van der Waals surface area contributed by atoms with Crippen molar-refractivity contribution in [3.8, 4) is 0 Å². The summed E-state index contributed by atoms with van der Waals surface area (Å²) in [4.78, 5) is 15.2. The molecule has 0 aliphatic carbocycles. The van der Waals surface area contributed by atoms with E-state index >= 15 is 0 Å². The molecule has 0 atom stereocenters. The van der Waals surface area contributed by atoms with Crippen molar-refractivity contribution in [2.75, 3.05) is 13.1 Å². The Labute approximate surface area is 91.4 Å². The molecule has 0 spiro atoms. The minimum Gasteiger partial charge on any atom is -0.349 e. The van der Waals surface area contributed by atoms with Crippen LogP contribution < -0.4 is 11.1 Å². The van der Waals surface area contributed by atoms with Crippen molar-refractivity contribution in [1.29, 1.82) is 0 Å². The molecule has 0 aromatic carbocycles. The van der Waals surface area contributed by atoms with Crippen molar-refractivity contribution in [2.45, 2.75) is 0 Å². The van der Waals surface area contributed by atoms with Crippen LogP contribution in [0, 0.1) is 0 Å². The number of nitrogens with one attached hydrogen (secondary N) is 1. The maximum Gasteiger partial charge on any atom is 0.271 e. The van der Waals surface area contributed by atoms with Gasteiger partial charge in [0.1, 0.15) is 10.8 Å². The third kappa shape index (κ3) is 2.83. The van der Waals surface area contributed by atoms with E-state index in [4.69, 9.17) is 28.9 Å². The third-order valence-corrected chi connectivity index (χ3v) is 1.97. The van der Waals surface area contributed by atoms with Gasteiger partial charge in [-0.2, -0.15) is 0 Å². The summed E-state index contributed by atoms with van der Waals surface area (Å²) < 4.78 is 0. The molecule has 76 valence electrons. The van der Waals surface area contributed by atoms with E-state index in [1.807, 2.05) is 0 Å². The fraction of sp³-hybridized carbons (Fsp3) is 0.250. The van der Waals surface area contributed by atoms with E-state index in [0.29, 0.717) is 13.1 Å². The number of rotatable bonds is 3. The minimum absolute atomic E-state index is 0.118. The second-order valence-electron chi connectivity index (χ2n) is 2.51. The van der Waals surface area contributed by atoms with E-state index in [9.17, 15) is 4.79 Å². The van der Waals surface area contributed by atoms with E-state index in [1.165, 1.54) is 12.1 Å². The van der Waals surface area contributed by atoms with Gasteiger partial charge in [-0.3, -0.25) is 4.79 Å². The number of carbonyl (C=O) groups excluding carboxylic acids is 1. The minimum atomic E-state index is -0.372. The van der Waals surface area contributed by atoms with E-state index in [1.54, 1.807) is 0 Å². The average Bonchev–Trinajstić information content (AvgIpc) is 2.18. The standard InChI is InChI=1S/C8H9Cl2N3O/c9-5-1-2-6(10)13-7(5)8(14)12-4-3-11/h1-2H,3-4,11H2,(H,12,14). The molecule has 0 aliphatic heterocycles. The molecule has 0 bridgehead atoms. The summed E-state index contributed by atoms with van der Waals surface area (Å²) in [5, 5.41) is 3.04. The number of nitrogens with zero attached hydrogens (tertiary/aromatic N) is 1. The quantitative estimate of drug-likeness (QED) is 0.769. The number of hydrogen-bond donors (Lipinski definition) is 2. The lowest BCUT2D eigenvalue weighted by Crippen LogP contribution is -2.29. The van der Waals surface area contributed by atoms with E-state index in [-0.39, 0.29) is 21.8 Å². The molecular formula is C8H9Cl2N3O. The first-order chi connectivity index (χ1) is 6.65. The lowest BCUT2D eigenvalue weighted by molar-refractivity contribution is 0.0950. The fourth-order valence-corrected chi connectivity index (χ4v) is 1.19. The molecule has 0 saturated carbocycles. The number of hydrogen-bond acceptors (Lipinski definition) is 3. The van der Waals surface area contributed by atoms with Crippen LogP contribution in [0.1, 0.15) is 10.5 Å². The van der Waals surface area contributed by atoms with E-state index in [2.05, 4.69) is 10.3 Å². The van der Waals surface area contributed by atoms with Gasteiger partial charge in [-0.05, 0) is 12.1 Å². The predicted octanol–water partition coefficient (Wildman–Crippen LogP) is 1.08. The zero-order valence-corrected chi connectivity index (χ0v) is 8.77. The zero-order valence-electron chi connectivity index (χ0n) is 7.26. The van der Waals surface area contributed by atoms with Crippen molar-refractivity contribution < 1.29 is 4.79 Å². The van der Waals surface area contributed by atoms with Crippen molar-refractivity contribution in [2.24, 2.45) is 5.73 Å². The molecule has 3 N–H and O–H groups in total. The summed E-state index contributed by atoms with van der Waals surface area (Å²) in [6.07, 6.45) is 0. The molecule has 14 heavy (non-hydrogen) atoms. The van der Waals surface area contributed by atoms with Crippen LogP contribution in [0.15, 0.2) is 12.1 Å². The molecule has 0 aliphatic rings. The Morgan fingerprint density at radius 2 is 2.21 bits per heavy atom. The molecule has 0 saturated heterocycles. The first-order valence-corrected chi connectivity index (χ1v) is 4.71. The summed E-state index contributed by atoms with van der Waals surface area (Å²) in [6, 6.07) is 3.04. The van der Waals surface area contributed by atoms with Crippen molar-refractivity contribution in [3.05, 3.63) is 28.0 Å². The van der Waals surface area contributed by atoms with Gasteiger partial charge in [-0.25, -0.2) is 4.98 Å². The van der Waals surface area contributed by atoms with Gasteiger partial charge in [-0.1, -0.05) is 23.2 Å². The van der Waals surface area contributed by atoms with Crippen LogP contribution in [0.25, 0.3) is 0 Å². The second-order valence-corrected chi connectivity index (χ2v) is 3.30. The van der Waals surface area contributed by atoms with Crippen molar-refractivity contribution in [1.82, 2.24) is 10.3 Å². The molecule has 1 rings (SSSR count). The molecular weight excluding hydrogens is 225 g/mol. The van der Waals surface area contributed by atoms with Gasteiger partial charge < -0.3 is 11.1 Å². The highest BCUT2D eigenvalue weighted by molar-refractivity contribution is 6.34. The number of aromatic nitrogens is 1. The molecule has 1 heterocycles. The lowest BCUT2D eigenvalue weighted by Gasteiger charge is -2.04. The Hall–Kier alpha value is -0.840. The van der Waals surface area contributed by atoms with Crippen molar-refractivity contribution in [3.63, 3.8) is 0 Å². The van der Waals surface area contributed by atoms with Crippen LogP contribution in [-0.2, 0) is 0 Å². The zero-order chi connectivity index (χ0) is 10.6. The predicted molar refractivity (Wildman–Crippen MR) is 55.6 cm³/mol. The van der Waals surface area contributed by atoms with Gasteiger partial charge in [0.05, 0.1) is 5.02 Å². The van der Waals surface area contributed by atoms with E-state index < -0.39 is 0 Å². The third-order valence-electron chi connectivity index (χ3n) is 1.46. The number of halogens is 2. The topological polar surface area (TPSA) is 68.0 Å². The first-order valence-electron chi connectivity index (χ1n) is 3.95. The highest BCUT2D eigenvalue weighted by atomic mass is 35.5. The Kier molecular flexibility index (Phi) is 4.13. The monoisotopic (exact) mass is 233 g/mol. The van der Waals surface area contributed by atoms with Crippen LogP contribution in [0.2, 0.25) is 10.2 Å². The van der Waals surface area contributed by atoms with Crippen LogP contribution >= 0.6 is 23.2 Å². The molecule has 6 heteroatoms. The van der Waals surface area contributed by atoms with Crippen molar-refractivity contribution >= 4 is 29.1 Å². The normalized spacial score (nSPS) is 9.93. The average molecular weight is 234 g/mol. The summed E-state index contributed by atoms with van der Waals surface area (Å²) in [5.41, 5.74) is 5.35. The molecule has 0 radical (unpaired) electrons. The molecule has 0 fully saturated rings. The van der Waals surface area contributed by atoms with Gasteiger partial charge in [0.15, 0.2) is 0 Å². The van der Waals surface area contributed by atoms with Gasteiger partial charge in [0.2, 0.25) is 0 Å². The molecule has 1 aromatic rings. The largest absolute Gasteiger partial charge is 0.349 e. The van der Waals surface area contributed by atoms with Crippen LogP contribution in [0.3, 0.4) is 0 Å². The van der Waals surface area contributed by atoms with Crippen LogP contribution in [0.5, 0.6) is 0 Å². The second kappa shape index (κ2) is 5.14. The smallest absolute Gasteiger partial charge is 0.271 e. The highest BCUT2D eigenvalue weighted by Crippen LogP contribution is 2.16. The maximum absolute atomic E-state index is 11.4. The summed E-state index contributed by atoms with van der Waals surface area (Å²) in [5.74, 6) is -0.372. The Balaban J connectivity index is 2.83. The summed E-state index contributed by atoms with van der Waals surface area (Å²) >= 11 is 11.4. The Morgan fingerprint density at radius 1 is 1.50 bits per heavy atom. The lowest BCUT2D eigenvalue weighted by atomic mass is 10.3. The number of amides is 1. The maximum atomic E-state index is 11.4. The Bertz CT molecular complexity index is 343. The molecule has 1 aromatic heterocycles. The summed E-state index contributed by atoms with van der Waals surface area (Å²) in [7, 11) is 0. The SMILES string of the molecule is NCCNC(=O)c1nc(Cl)ccc1Cl. The number of carbonyl (C=O) groups is 1. The summed E-state index contributed by atoms with van der Waals surface area (Å²) in [6.45, 7) is 0.743. The fourth-order valence-electron chi connectivity index (χ4n) is 0.847. The first kappa shape index (κ1) is 11.2. The molecule has 1 amide bonds. The van der Waals surface area contributed by atoms with E-state index in [0.717, 1.165) is 0 Å². The highest BCUT2D eigenvalue weighted by Gasteiger charge is 2.11. The Morgan fingerprint density at radius 3 is 2.86 bits per heavy atom. The van der Waals surface area contributed by atoms with Gasteiger partial charge >= 0.3 is 0 Å². The molecule has 0 unspecified atom stereocenters. The van der Waals surface area contributed by atoms with Gasteiger partial charge in [0, 0.05) is 13.1 Å². The molecule has 4 nitrogen and oxygen atoms in total.